The number of rotatable bonds is 12. The van der Waals surface area contributed by atoms with Gasteiger partial charge in [0, 0.05) is 50.1 Å². The highest BCUT2D eigenvalue weighted by atomic mass is 32.2. The van der Waals surface area contributed by atoms with Crippen LogP contribution in [0.15, 0.2) is 103 Å². The van der Waals surface area contributed by atoms with E-state index in [0.717, 1.165) is 5.56 Å². The van der Waals surface area contributed by atoms with E-state index < -0.39 is 25.8 Å². The van der Waals surface area contributed by atoms with E-state index >= 15 is 0 Å². The predicted octanol–water partition coefficient (Wildman–Crippen LogP) is 3.46. The summed E-state index contributed by atoms with van der Waals surface area (Å²) in [6, 6.07) is 30.0. The highest BCUT2D eigenvalue weighted by Gasteiger charge is 2.40. The third-order valence-electron chi connectivity index (χ3n) is 10.8. The van der Waals surface area contributed by atoms with Gasteiger partial charge in [-0.05, 0) is 73.2 Å². The van der Waals surface area contributed by atoms with Gasteiger partial charge in [0.05, 0.1) is 25.3 Å². The Bertz CT molecular complexity index is 2230. The molecule has 4 aromatic rings. The van der Waals surface area contributed by atoms with Gasteiger partial charge in [-0.15, -0.1) is 0 Å². The first kappa shape index (κ1) is 43.2. The predicted molar refractivity (Wildman–Crippen MR) is 215 cm³/mol. The molecule has 6 N–H and O–H groups in total. The molecular weight excluding hydrogens is 776 g/mol. The molecule has 14 nitrogen and oxygen atoms in total. The van der Waals surface area contributed by atoms with Gasteiger partial charge < -0.3 is 20.1 Å². The van der Waals surface area contributed by atoms with Crippen LogP contribution in [0.2, 0.25) is 0 Å². The molecule has 2 saturated heterocycles. The summed E-state index contributed by atoms with van der Waals surface area (Å²) in [6.07, 6.45) is 1.94. The quantitative estimate of drug-likeness (QED) is 0.166. The van der Waals surface area contributed by atoms with Gasteiger partial charge in [0.1, 0.15) is 17.3 Å². The number of hydrogen-bond acceptors (Lipinski definition) is 8. The third-order valence-corrected chi connectivity index (χ3v) is 12.9. The number of hydrogen-bond donors (Lipinski definition) is 4. The second kappa shape index (κ2) is 18.6. The Balaban J connectivity index is 0.000000218. The van der Waals surface area contributed by atoms with E-state index in [-0.39, 0.29) is 42.7 Å². The SMILES string of the molecule is COc1ccccc1C(=O)NCC1(c2cccc(F)c2)CCN(S(N)(=O)=O)CC1.COc1ccccc1C(=O)NCC1(c2ccccc2)CCN(S(N)(=O)=O)CC1. The number of nitrogens with two attached hydrogens (primary N) is 2. The summed E-state index contributed by atoms with van der Waals surface area (Å²) in [7, 11) is -4.49. The molecule has 2 amide bonds. The molecule has 2 fully saturated rings. The fraction of sp³-hybridized carbons (Fsp3) is 0.350. The Morgan fingerprint density at radius 3 is 1.40 bits per heavy atom. The number of carbonyl (C=O) groups excluding carboxylic acids is 2. The summed E-state index contributed by atoms with van der Waals surface area (Å²) in [5.41, 5.74) is 1.68. The van der Waals surface area contributed by atoms with Crippen LogP contribution in [0.3, 0.4) is 0 Å². The molecule has 2 aliphatic rings. The van der Waals surface area contributed by atoms with E-state index in [0.29, 0.717) is 73.5 Å². The van der Waals surface area contributed by atoms with Crippen molar-refractivity contribution in [3.05, 3.63) is 131 Å². The molecule has 0 unspecified atom stereocenters. The average molecular weight is 825 g/mol. The highest BCUT2D eigenvalue weighted by Crippen LogP contribution is 2.37. The number of nitrogens with one attached hydrogen (secondary N) is 2. The number of benzene rings is 4. The van der Waals surface area contributed by atoms with E-state index in [1.807, 2.05) is 36.4 Å². The first-order valence-corrected chi connectivity index (χ1v) is 21.3. The zero-order valence-corrected chi connectivity index (χ0v) is 33.5. The van der Waals surface area contributed by atoms with Gasteiger partial charge in [0.15, 0.2) is 0 Å². The van der Waals surface area contributed by atoms with Crippen molar-refractivity contribution in [2.45, 2.75) is 36.5 Å². The maximum atomic E-state index is 13.9. The lowest BCUT2D eigenvalue weighted by Crippen LogP contribution is -2.51. The Morgan fingerprint density at radius 2 is 1.00 bits per heavy atom. The molecule has 0 atom stereocenters. The molecule has 6 rings (SSSR count). The summed E-state index contributed by atoms with van der Waals surface area (Å²) in [6.45, 7) is 1.65. The molecule has 306 valence electrons. The van der Waals surface area contributed by atoms with E-state index in [2.05, 4.69) is 10.6 Å². The first-order valence-electron chi connectivity index (χ1n) is 18.3. The van der Waals surface area contributed by atoms with Gasteiger partial charge in [-0.3, -0.25) is 9.59 Å². The Labute approximate surface area is 333 Å². The summed E-state index contributed by atoms with van der Waals surface area (Å²) in [5.74, 6) is 0.0483. The molecule has 0 spiro atoms. The average Bonchev–Trinajstić information content (AvgIpc) is 3.22. The number of para-hydroxylation sites is 2. The molecule has 0 saturated carbocycles. The van der Waals surface area contributed by atoms with Gasteiger partial charge in [-0.25, -0.2) is 14.7 Å². The van der Waals surface area contributed by atoms with Crippen molar-refractivity contribution in [1.29, 1.82) is 0 Å². The van der Waals surface area contributed by atoms with Crippen LogP contribution in [-0.4, -0.2) is 90.7 Å². The van der Waals surface area contributed by atoms with Gasteiger partial charge >= 0.3 is 0 Å². The van der Waals surface area contributed by atoms with Crippen molar-refractivity contribution in [1.82, 2.24) is 19.2 Å². The van der Waals surface area contributed by atoms with Gasteiger partial charge in [-0.2, -0.15) is 25.4 Å². The molecule has 0 aliphatic carbocycles. The van der Waals surface area contributed by atoms with E-state index in [9.17, 15) is 30.8 Å². The highest BCUT2D eigenvalue weighted by molar-refractivity contribution is 7.87. The lowest BCUT2D eigenvalue weighted by molar-refractivity contribution is 0.0922. The molecule has 17 heteroatoms. The number of carbonyl (C=O) groups is 2. The number of ether oxygens (including phenoxy) is 2. The maximum Gasteiger partial charge on any atom is 0.276 e. The number of amides is 2. The molecule has 2 aliphatic heterocycles. The van der Waals surface area contributed by atoms with Crippen LogP contribution in [0.25, 0.3) is 0 Å². The summed E-state index contributed by atoms with van der Waals surface area (Å²) in [4.78, 5) is 25.5. The van der Waals surface area contributed by atoms with Crippen molar-refractivity contribution >= 4 is 32.2 Å². The summed E-state index contributed by atoms with van der Waals surface area (Å²) >= 11 is 0. The zero-order chi connectivity index (χ0) is 41.3. The van der Waals surface area contributed by atoms with Crippen molar-refractivity contribution in [3.8, 4) is 11.5 Å². The standard InChI is InChI=1S/C20H24FN3O4S.C20H25N3O4S/c1-28-18-8-3-2-7-17(18)19(25)23-14-20(15-5-4-6-16(21)13-15)9-11-24(12-10-20)29(22,26)27;1-27-18-10-6-5-9-17(18)19(24)22-15-20(16-7-3-2-4-8-16)11-13-23(14-12-20)28(21,25)26/h2-8,13H,9-12,14H2,1H3,(H,23,25)(H2,22,26,27);2-10H,11-15H2,1H3,(H,22,24)(H2,21,25,26). The van der Waals surface area contributed by atoms with Crippen LogP contribution in [-0.2, 0) is 31.2 Å². The van der Waals surface area contributed by atoms with Crippen molar-refractivity contribution in [3.63, 3.8) is 0 Å². The Morgan fingerprint density at radius 1 is 0.614 bits per heavy atom. The van der Waals surface area contributed by atoms with Crippen LogP contribution in [0.4, 0.5) is 4.39 Å². The fourth-order valence-electron chi connectivity index (χ4n) is 7.44. The van der Waals surface area contributed by atoms with Crippen molar-refractivity contribution in [2.24, 2.45) is 10.3 Å². The van der Waals surface area contributed by atoms with Gasteiger partial charge in [-0.1, -0.05) is 66.7 Å². The minimum Gasteiger partial charge on any atom is -0.496 e. The van der Waals surface area contributed by atoms with E-state index in [1.165, 1.54) is 35.0 Å². The topological polar surface area (TPSA) is 203 Å². The van der Waals surface area contributed by atoms with Crippen molar-refractivity contribution in [2.75, 3.05) is 53.5 Å². The van der Waals surface area contributed by atoms with Crippen LogP contribution >= 0.6 is 0 Å². The molecule has 2 heterocycles. The smallest absolute Gasteiger partial charge is 0.276 e. The molecule has 0 radical (unpaired) electrons. The number of piperidine rings is 2. The maximum absolute atomic E-state index is 13.9. The minimum atomic E-state index is -3.79. The van der Waals surface area contributed by atoms with Gasteiger partial charge in [0.2, 0.25) is 0 Å². The molecule has 0 aromatic heterocycles. The van der Waals surface area contributed by atoms with Crippen molar-refractivity contribution < 1.29 is 40.3 Å². The zero-order valence-electron chi connectivity index (χ0n) is 31.9. The second-order valence-electron chi connectivity index (χ2n) is 14.1. The number of methoxy groups -OCH3 is 2. The third kappa shape index (κ3) is 10.7. The normalized spacial score (nSPS) is 17.0. The van der Waals surface area contributed by atoms with Crippen LogP contribution in [0.1, 0.15) is 57.5 Å². The van der Waals surface area contributed by atoms with Crippen LogP contribution < -0.4 is 30.4 Å². The van der Waals surface area contributed by atoms with Gasteiger partial charge in [0.25, 0.3) is 32.2 Å². The fourth-order valence-corrected chi connectivity index (χ4v) is 8.82. The molecule has 57 heavy (non-hydrogen) atoms. The lowest BCUT2D eigenvalue weighted by atomic mass is 9.73. The van der Waals surface area contributed by atoms with Crippen LogP contribution in [0.5, 0.6) is 11.5 Å². The minimum absolute atomic E-state index is 0.194. The first-order chi connectivity index (χ1) is 27.1. The monoisotopic (exact) mass is 824 g/mol. The second-order valence-corrected chi connectivity index (χ2v) is 17.2. The Kier molecular flexibility index (Phi) is 14.1. The number of nitrogens with zero attached hydrogens (tertiary/aromatic N) is 2. The molecular formula is C40H49FN6O8S2. The van der Waals surface area contributed by atoms with E-state index in [1.54, 1.807) is 54.6 Å². The summed E-state index contributed by atoms with van der Waals surface area (Å²) in [5, 5.41) is 16.5. The Hall–Kier alpha value is -4.91. The molecule has 4 aromatic carbocycles. The van der Waals surface area contributed by atoms with E-state index in [4.69, 9.17) is 19.8 Å². The van der Waals surface area contributed by atoms with Crippen LogP contribution in [0, 0.1) is 5.82 Å². The summed E-state index contributed by atoms with van der Waals surface area (Å²) < 4.78 is 73.6. The lowest BCUT2D eigenvalue weighted by Gasteiger charge is -2.41. The molecule has 0 bridgehead atoms. The largest absolute Gasteiger partial charge is 0.496 e. The number of halogens is 1.